The molecule has 0 heterocycles. The van der Waals surface area contributed by atoms with E-state index in [1.165, 1.54) is 5.56 Å². The summed E-state index contributed by atoms with van der Waals surface area (Å²) in [6.07, 6.45) is -0.208. The molecule has 112 valence electrons. The van der Waals surface area contributed by atoms with Gasteiger partial charge in [0.1, 0.15) is 12.4 Å². The lowest BCUT2D eigenvalue weighted by Gasteiger charge is -2.36. The third-order valence-electron chi connectivity index (χ3n) is 3.65. The molecule has 1 saturated carbocycles. The van der Waals surface area contributed by atoms with E-state index in [-0.39, 0.29) is 0 Å². The Morgan fingerprint density at radius 2 is 1.95 bits per heavy atom. The molecule has 0 saturated heterocycles. The molecule has 0 bridgehead atoms. The van der Waals surface area contributed by atoms with Crippen molar-refractivity contribution in [2.75, 3.05) is 26.9 Å². The molecule has 0 radical (unpaired) electrons. The maximum atomic E-state index is 11.8. The largest absolute Gasteiger partial charge is 0.497 e. The van der Waals surface area contributed by atoms with Crippen LogP contribution in [-0.2, 0) is 4.74 Å². The van der Waals surface area contributed by atoms with E-state index in [1.807, 2.05) is 12.1 Å². The number of benzene rings is 1. The van der Waals surface area contributed by atoms with E-state index in [2.05, 4.69) is 17.4 Å². The summed E-state index contributed by atoms with van der Waals surface area (Å²) in [5, 5.41) is 3.32. The van der Waals surface area contributed by atoms with Crippen LogP contribution in [0.25, 0.3) is 0 Å². The van der Waals surface area contributed by atoms with Crippen molar-refractivity contribution in [1.29, 1.82) is 0 Å². The van der Waals surface area contributed by atoms with Gasteiger partial charge in [-0.3, -0.25) is 0 Å². The van der Waals surface area contributed by atoms with Gasteiger partial charge in [-0.25, -0.2) is 8.78 Å². The molecule has 0 amide bonds. The summed E-state index contributed by atoms with van der Waals surface area (Å²) < 4.78 is 33.6. The molecule has 0 spiro atoms. The van der Waals surface area contributed by atoms with Crippen LogP contribution in [0.4, 0.5) is 8.78 Å². The van der Waals surface area contributed by atoms with Crippen molar-refractivity contribution >= 4 is 0 Å². The van der Waals surface area contributed by atoms with E-state index in [0.717, 1.165) is 18.6 Å². The monoisotopic (exact) mass is 285 g/mol. The van der Waals surface area contributed by atoms with Crippen LogP contribution in [0.3, 0.4) is 0 Å². The number of rotatable bonds is 8. The number of hydrogen-bond donors (Lipinski definition) is 1. The van der Waals surface area contributed by atoms with Gasteiger partial charge in [0.05, 0.1) is 13.7 Å². The number of halogens is 2. The van der Waals surface area contributed by atoms with Crippen molar-refractivity contribution in [2.24, 2.45) is 0 Å². The highest BCUT2D eigenvalue weighted by atomic mass is 19.3. The third kappa shape index (κ3) is 4.42. The summed E-state index contributed by atoms with van der Waals surface area (Å²) in [4.78, 5) is 0. The molecule has 1 aliphatic carbocycles. The van der Waals surface area contributed by atoms with Crippen LogP contribution in [0.1, 0.15) is 24.3 Å². The normalized spacial score (nSPS) is 21.8. The number of ether oxygens (including phenoxy) is 2. The van der Waals surface area contributed by atoms with E-state index in [9.17, 15) is 8.78 Å². The molecule has 1 aliphatic rings. The number of hydrogen-bond acceptors (Lipinski definition) is 3. The highest BCUT2D eigenvalue weighted by Crippen LogP contribution is 2.37. The highest BCUT2D eigenvalue weighted by Gasteiger charge is 2.29. The van der Waals surface area contributed by atoms with Gasteiger partial charge in [-0.2, -0.15) is 0 Å². The first-order chi connectivity index (χ1) is 9.69. The quantitative estimate of drug-likeness (QED) is 0.745. The number of methoxy groups -OCH3 is 1. The topological polar surface area (TPSA) is 30.5 Å². The summed E-state index contributed by atoms with van der Waals surface area (Å²) >= 11 is 0. The average Bonchev–Trinajstić information content (AvgIpc) is 2.40. The molecule has 20 heavy (non-hydrogen) atoms. The number of nitrogens with one attached hydrogen (secondary N) is 1. The highest BCUT2D eigenvalue weighted by molar-refractivity contribution is 5.30. The van der Waals surface area contributed by atoms with E-state index < -0.39 is 13.0 Å². The van der Waals surface area contributed by atoms with Gasteiger partial charge >= 0.3 is 0 Å². The van der Waals surface area contributed by atoms with Gasteiger partial charge in [0, 0.05) is 12.6 Å². The van der Waals surface area contributed by atoms with Gasteiger partial charge < -0.3 is 14.8 Å². The Kier molecular flexibility index (Phi) is 5.73. The summed E-state index contributed by atoms with van der Waals surface area (Å²) in [6.45, 7) is 0.502. The first-order valence-corrected chi connectivity index (χ1v) is 6.92. The van der Waals surface area contributed by atoms with Crippen LogP contribution < -0.4 is 10.1 Å². The third-order valence-corrected chi connectivity index (χ3v) is 3.65. The molecule has 3 nitrogen and oxygen atoms in total. The standard InChI is InChI=1S/C15H21F2NO2/c1-19-14-4-2-11(3-5-14)12-8-13(9-12)18-6-7-20-10-15(16)17/h2-5,12-13,15,18H,6-10H2,1H3. The van der Waals surface area contributed by atoms with Crippen LogP contribution in [-0.4, -0.2) is 39.3 Å². The van der Waals surface area contributed by atoms with Gasteiger partial charge in [0.15, 0.2) is 0 Å². The molecular weight excluding hydrogens is 264 g/mol. The Bertz CT molecular complexity index is 391. The van der Waals surface area contributed by atoms with Crippen LogP contribution in [0.15, 0.2) is 24.3 Å². The van der Waals surface area contributed by atoms with Crippen LogP contribution in [0.5, 0.6) is 5.75 Å². The van der Waals surface area contributed by atoms with Crippen molar-refractivity contribution in [3.63, 3.8) is 0 Å². The Morgan fingerprint density at radius 3 is 2.55 bits per heavy atom. The Labute approximate surface area is 118 Å². The van der Waals surface area contributed by atoms with Crippen molar-refractivity contribution in [1.82, 2.24) is 5.32 Å². The van der Waals surface area contributed by atoms with E-state index >= 15 is 0 Å². The zero-order valence-electron chi connectivity index (χ0n) is 11.6. The van der Waals surface area contributed by atoms with Gasteiger partial charge in [0.2, 0.25) is 0 Å². The van der Waals surface area contributed by atoms with Crippen molar-refractivity contribution in [3.8, 4) is 5.75 Å². The van der Waals surface area contributed by atoms with E-state index in [4.69, 9.17) is 9.47 Å². The minimum absolute atomic E-state index is 0.341. The zero-order chi connectivity index (χ0) is 14.4. The maximum absolute atomic E-state index is 11.8. The zero-order valence-corrected chi connectivity index (χ0v) is 11.6. The molecule has 0 aliphatic heterocycles. The predicted octanol–water partition coefficient (Wildman–Crippen LogP) is 2.81. The van der Waals surface area contributed by atoms with Crippen LogP contribution in [0.2, 0.25) is 0 Å². The van der Waals surface area contributed by atoms with Crippen LogP contribution >= 0.6 is 0 Å². The lowest BCUT2D eigenvalue weighted by Crippen LogP contribution is -2.41. The van der Waals surface area contributed by atoms with Gasteiger partial charge in [-0.15, -0.1) is 0 Å². The van der Waals surface area contributed by atoms with Crippen molar-refractivity contribution in [2.45, 2.75) is 31.2 Å². The predicted molar refractivity (Wildman–Crippen MR) is 73.6 cm³/mol. The van der Waals surface area contributed by atoms with Gasteiger partial charge in [-0.1, -0.05) is 12.1 Å². The van der Waals surface area contributed by atoms with Crippen molar-refractivity contribution in [3.05, 3.63) is 29.8 Å². The summed E-state index contributed by atoms with van der Waals surface area (Å²) in [5.74, 6) is 1.46. The molecule has 1 N–H and O–H groups in total. The second-order valence-electron chi connectivity index (χ2n) is 5.06. The molecular formula is C15H21F2NO2. The van der Waals surface area contributed by atoms with E-state index in [1.54, 1.807) is 7.11 Å². The Morgan fingerprint density at radius 1 is 1.25 bits per heavy atom. The Hall–Kier alpha value is -1.20. The maximum Gasteiger partial charge on any atom is 0.261 e. The number of alkyl halides is 2. The fourth-order valence-corrected chi connectivity index (χ4v) is 2.44. The average molecular weight is 285 g/mol. The lowest BCUT2D eigenvalue weighted by atomic mass is 9.76. The molecule has 5 heteroatoms. The SMILES string of the molecule is COc1ccc(C2CC(NCCOCC(F)F)C2)cc1. The molecule has 0 aromatic heterocycles. The van der Waals surface area contributed by atoms with E-state index in [0.29, 0.717) is 25.1 Å². The summed E-state index contributed by atoms with van der Waals surface area (Å²) in [5.41, 5.74) is 1.33. The molecule has 0 unspecified atom stereocenters. The first kappa shape index (κ1) is 15.2. The first-order valence-electron chi connectivity index (χ1n) is 6.92. The fraction of sp³-hybridized carbons (Fsp3) is 0.600. The second-order valence-corrected chi connectivity index (χ2v) is 5.06. The smallest absolute Gasteiger partial charge is 0.261 e. The van der Waals surface area contributed by atoms with Gasteiger partial charge in [0.25, 0.3) is 6.43 Å². The molecule has 2 rings (SSSR count). The minimum Gasteiger partial charge on any atom is -0.497 e. The molecule has 1 fully saturated rings. The second kappa shape index (κ2) is 7.55. The van der Waals surface area contributed by atoms with Crippen LogP contribution in [0, 0.1) is 0 Å². The van der Waals surface area contributed by atoms with Gasteiger partial charge in [-0.05, 0) is 36.5 Å². The fourth-order valence-electron chi connectivity index (χ4n) is 2.44. The molecule has 0 atom stereocenters. The summed E-state index contributed by atoms with van der Waals surface area (Å²) in [7, 11) is 1.66. The van der Waals surface area contributed by atoms with Crippen molar-refractivity contribution < 1.29 is 18.3 Å². The molecule has 1 aromatic carbocycles. The minimum atomic E-state index is -2.38. The molecule has 1 aromatic rings. The lowest BCUT2D eigenvalue weighted by molar-refractivity contribution is 0.0174. The Balaban J connectivity index is 1.59. The summed E-state index contributed by atoms with van der Waals surface area (Å²) in [6, 6.07) is 8.64.